The molecule has 0 aliphatic carbocycles. The zero-order valence-corrected chi connectivity index (χ0v) is 14.0. The van der Waals surface area contributed by atoms with Crippen LogP contribution in [0, 0.1) is 5.92 Å². The number of hydrogen-bond acceptors (Lipinski definition) is 4. The molecule has 1 amide bonds. The molecule has 5 heteroatoms. The molecule has 1 atom stereocenters. The first kappa shape index (κ1) is 15.7. The third-order valence-electron chi connectivity index (χ3n) is 4.79. The van der Waals surface area contributed by atoms with E-state index in [-0.39, 0.29) is 5.91 Å². The number of piperidine rings is 1. The van der Waals surface area contributed by atoms with Gasteiger partial charge in [-0.1, -0.05) is 12.1 Å². The largest absolute Gasteiger partial charge is 0.337 e. The third-order valence-corrected chi connectivity index (χ3v) is 4.79. The Morgan fingerprint density at radius 3 is 2.96 bits per heavy atom. The summed E-state index contributed by atoms with van der Waals surface area (Å²) in [6.45, 7) is 1.58. The monoisotopic (exact) mass is 332 g/mol. The summed E-state index contributed by atoms with van der Waals surface area (Å²) >= 11 is 0. The van der Waals surface area contributed by atoms with E-state index < -0.39 is 0 Å². The minimum Gasteiger partial charge on any atom is -0.337 e. The summed E-state index contributed by atoms with van der Waals surface area (Å²) in [7, 11) is 0. The molecule has 0 N–H and O–H groups in total. The van der Waals surface area contributed by atoms with Crippen LogP contribution in [0.3, 0.4) is 0 Å². The Balaban J connectivity index is 1.46. The lowest BCUT2D eigenvalue weighted by Gasteiger charge is -2.32. The standard InChI is InChI=1S/C20H20N4O/c25-20(19-6-2-10-22-23-19)24-11-3-4-16(14-24)12-15-7-8-18-17(13-15)5-1-9-21-18/h1-2,5-10,13,16H,3-4,11-12,14H2/t16-/m0/s1. The zero-order chi connectivity index (χ0) is 17.1. The highest BCUT2D eigenvalue weighted by molar-refractivity contribution is 5.92. The maximum absolute atomic E-state index is 12.6. The van der Waals surface area contributed by atoms with E-state index in [4.69, 9.17) is 0 Å². The van der Waals surface area contributed by atoms with Gasteiger partial charge in [0.2, 0.25) is 0 Å². The molecular formula is C20H20N4O. The minimum absolute atomic E-state index is 0.0134. The number of carbonyl (C=O) groups excluding carboxylic acids is 1. The Hall–Kier alpha value is -2.82. The molecule has 3 aromatic rings. The molecule has 2 aromatic heterocycles. The molecule has 0 spiro atoms. The molecule has 0 unspecified atom stereocenters. The van der Waals surface area contributed by atoms with Gasteiger partial charge in [-0.3, -0.25) is 9.78 Å². The van der Waals surface area contributed by atoms with Crippen molar-refractivity contribution in [2.45, 2.75) is 19.3 Å². The Morgan fingerprint density at radius 2 is 2.08 bits per heavy atom. The Morgan fingerprint density at radius 1 is 1.16 bits per heavy atom. The first-order valence-electron chi connectivity index (χ1n) is 8.70. The van der Waals surface area contributed by atoms with Gasteiger partial charge in [-0.2, -0.15) is 5.10 Å². The molecule has 1 aromatic carbocycles. The van der Waals surface area contributed by atoms with Crippen molar-refractivity contribution in [1.29, 1.82) is 0 Å². The van der Waals surface area contributed by atoms with Gasteiger partial charge in [0.15, 0.2) is 5.69 Å². The Bertz CT molecular complexity index is 881. The van der Waals surface area contributed by atoms with Crippen molar-refractivity contribution in [3.8, 4) is 0 Å². The molecule has 1 saturated heterocycles. The zero-order valence-electron chi connectivity index (χ0n) is 14.0. The second-order valence-corrected chi connectivity index (χ2v) is 6.60. The van der Waals surface area contributed by atoms with Gasteiger partial charge in [-0.05, 0) is 61.1 Å². The average Bonchev–Trinajstić information content (AvgIpc) is 2.68. The highest BCUT2D eigenvalue weighted by Gasteiger charge is 2.25. The second-order valence-electron chi connectivity index (χ2n) is 6.60. The summed E-state index contributed by atoms with van der Waals surface area (Å²) in [5, 5.41) is 8.93. The van der Waals surface area contributed by atoms with Gasteiger partial charge < -0.3 is 4.90 Å². The fourth-order valence-corrected chi connectivity index (χ4v) is 3.58. The van der Waals surface area contributed by atoms with E-state index in [1.165, 1.54) is 10.9 Å². The smallest absolute Gasteiger partial charge is 0.274 e. The number of pyridine rings is 1. The predicted molar refractivity (Wildman–Crippen MR) is 96.1 cm³/mol. The number of carbonyl (C=O) groups is 1. The molecule has 126 valence electrons. The van der Waals surface area contributed by atoms with Crippen LogP contribution in [0.15, 0.2) is 54.9 Å². The van der Waals surface area contributed by atoms with Crippen molar-refractivity contribution >= 4 is 16.8 Å². The van der Waals surface area contributed by atoms with E-state index in [0.29, 0.717) is 11.6 Å². The fourth-order valence-electron chi connectivity index (χ4n) is 3.58. The van der Waals surface area contributed by atoms with E-state index in [1.54, 1.807) is 18.3 Å². The number of hydrogen-bond donors (Lipinski definition) is 0. The summed E-state index contributed by atoms with van der Waals surface area (Å²) in [6.07, 6.45) is 6.57. The van der Waals surface area contributed by atoms with Gasteiger partial charge in [-0.15, -0.1) is 5.10 Å². The summed E-state index contributed by atoms with van der Waals surface area (Å²) < 4.78 is 0. The maximum atomic E-state index is 12.6. The topological polar surface area (TPSA) is 59.0 Å². The number of amides is 1. The maximum Gasteiger partial charge on any atom is 0.274 e. The van der Waals surface area contributed by atoms with E-state index in [9.17, 15) is 4.79 Å². The van der Waals surface area contributed by atoms with E-state index in [2.05, 4.69) is 39.4 Å². The summed E-state index contributed by atoms with van der Waals surface area (Å²) in [5.41, 5.74) is 2.76. The van der Waals surface area contributed by atoms with E-state index in [0.717, 1.165) is 37.9 Å². The quantitative estimate of drug-likeness (QED) is 0.739. The number of aromatic nitrogens is 3. The molecule has 0 saturated carbocycles. The van der Waals surface area contributed by atoms with Gasteiger partial charge in [0.05, 0.1) is 5.52 Å². The molecule has 4 rings (SSSR count). The van der Waals surface area contributed by atoms with Crippen molar-refractivity contribution < 1.29 is 4.79 Å². The van der Waals surface area contributed by atoms with Gasteiger partial charge in [0.1, 0.15) is 0 Å². The summed E-state index contributed by atoms with van der Waals surface area (Å²) in [6, 6.07) is 14.0. The van der Waals surface area contributed by atoms with Crippen molar-refractivity contribution in [1.82, 2.24) is 20.1 Å². The lowest BCUT2D eigenvalue weighted by molar-refractivity contribution is 0.0666. The molecule has 3 heterocycles. The molecule has 0 bridgehead atoms. The van der Waals surface area contributed by atoms with Gasteiger partial charge in [0.25, 0.3) is 5.91 Å². The summed E-state index contributed by atoms with van der Waals surface area (Å²) in [4.78, 5) is 18.9. The predicted octanol–water partition coefficient (Wildman–Crippen LogP) is 3.12. The van der Waals surface area contributed by atoms with E-state index in [1.807, 2.05) is 17.2 Å². The van der Waals surface area contributed by atoms with Crippen LogP contribution in [0.2, 0.25) is 0 Å². The van der Waals surface area contributed by atoms with Crippen LogP contribution in [-0.2, 0) is 6.42 Å². The molecule has 5 nitrogen and oxygen atoms in total. The van der Waals surface area contributed by atoms with Crippen molar-refractivity contribution in [3.05, 3.63) is 66.1 Å². The molecular weight excluding hydrogens is 312 g/mol. The lowest BCUT2D eigenvalue weighted by Crippen LogP contribution is -2.40. The SMILES string of the molecule is O=C(c1cccnn1)N1CCC[C@@H](Cc2ccc3ncccc3c2)C1. The second kappa shape index (κ2) is 6.97. The number of nitrogens with zero attached hydrogens (tertiary/aromatic N) is 4. The number of benzene rings is 1. The first-order valence-corrected chi connectivity index (χ1v) is 8.70. The average molecular weight is 332 g/mol. The molecule has 0 radical (unpaired) electrons. The van der Waals surface area contributed by atoms with Crippen molar-refractivity contribution in [2.75, 3.05) is 13.1 Å². The van der Waals surface area contributed by atoms with Crippen LogP contribution < -0.4 is 0 Å². The van der Waals surface area contributed by atoms with Gasteiger partial charge in [-0.25, -0.2) is 0 Å². The lowest BCUT2D eigenvalue weighted by atomic mass is 9.90. The molecule has 1 aliphatic rings. The number of fused-ring (bicyclic) bond motifs is 1. The number of likely N-dealkylation sites (tertiary alicyclic amines) is 1. The third kappa shape index (κ3) is 3.50. The van der Waals surface area contributed by atoms with Crippen LogP contribution in [0.1, 0.15) is 28.9 Å². The van der Waals surface area contributed by atoms with E-state index >= 15 is 0 Å². The first-order chi connectivity index (χ1) is 12.3. The highest BCUT2D eigenvalue weighted by atomic mass is 16.2. The molecule has 1 aliphatic heterocycles. The van der Waals surface area contributed by atoms with Crippen LogP contribution in [0.25, 0.3) is 10.9 Å². The van der Waals surface area contributed by atoms with Gasteiger partial charge >= 0.3 is 0 Å². The molecule has 25 heavy (non-hydrogen) atoms. The van der Waals surface area contributed by atoms with Crippen LogP contribution in [-0.4, -0.2) is 39.1 Å². The van der Waals surface area contributed by atoms with Crippen molar-refractivity contribution in [2.24, 2.45) is 5.92 Å². The normalized spacial score (nSPS) is 17.6. The minimum atomic E-state index is -0.0134. The van der Waals surface area contributed by atoms with Crippen LogP contribution >= 0.6 is 0 Å². The van der Waals surface area contributed by atoms with Gasteiger partial charge in [0, 0.05) is 30.9 Å². The Kier molecular flexibility index (Phi) is 4.37. The van der Waals surface area contributed by atoms with Crippen LogP contribution in [0.5, 0.6) is 0 Å². The Labute approximate surface area is 146 Å². The fraction of sp³-hybridized carbons (Fsp3) is 0.300. The van der Waals surface area contributed by atoms with Crippen LogP contribution in [0.4, 0.5) is 0 Å². The van der Waals surface area contributed by atoms with Crippen molar-refractivity contribution in [3.63, 3.8) is 0 Å². The number of rotatable bonds is 3. The summed E-state index contributed by atoms with van der Waals surface area (Å²) in [5.74, 6) is 0.462. The molecule has 1 fully saturated rings. The highest BCUT2D eigenvalue weighted by Crippen LogP contribution is 2.23.